The Labute approximate surface area is 79.8 Å². The van der Waals surface area contributed by atoms with Crippen LogP contribution in [0.4, 0.5) is 5.95 Å². The van der Waals surface area contributed by atoms with Gasteiger partial charge in [-0.15, -0.1) is 6.57 Å². The van der Waals surface area contributed by atoms with Crippen molar-refractivity contribution < 1.29 is 4.79 Å². The Morgan fingerprint density at radius 3 is 2.29 bits per heavy atom. The molecule has 0 spiro atoms. The van der Waals surface area contributed by atoms with Crippen molar-refractivity contribution in [2.24, 2.45) is 0 Å². The Morgan fingerprint density at radius 1 is 1.29 bits per heavy atom. The van der Waals surface area contributed by atoms with Crippen LogP contribution in [0, 0.1) is 6.57 Å². The highest BCUT2D eigenvalue weighted by Crippen LogP contribution is 1.96. The zero-order valence-electron chi connectivity index (χ0n) is 7.14. The predicted octanol–water partition coefficient (Wildman–Crippen LogP) is 1.18. The molecule has 0 saturated carbocycles. The summed E-state index contributed by atoms with van der Waals surface area (Å²) in [6, 6.07) is 0. The second-order valence-electron chi connectivity index (χ2n) is 2.12. The van der Waals surface area contributed by atoms with Crippen molar-refractivity contribution in [2.45, 2.75) is 0 Å². The lowest BCUT2D eigenvalue weighted by atomic mass is 10.7. The second-order valence-corrected chi connectivity index (χ2v) is 2.12. The number of aromatic amines is 2. The fourth-order valence-corrected chi connectivity index (χ4v) is 0.660. The molecular weight excluding hydrogens is 182 g/mol. The zero-order valence-corrected chi connectivity index (χ0v) is 7.14. The Hall–Kier alpha value is -2.42. The van der Waals surface area contributed by atoms with Gasteiger partial charge in [-0.25, -0.2) is 4.98 Å². The number of aromatic nitrogens is 4. The average molecular weight is 189 g/mol. The molecule has 0 atom stereocenters. The molecule has 0 aliphatic carbocycles. The molecule has 0 saturated heterocycles. The van der Waals surface area contributed by atoms with E-state index in [2.05, 4.69) is 24.8 Å². The van der Waals surface area contributed by atoms with E-state index in [1.807, 2.05) is 0 Å². The van der Waals surface area contributed by atoms with Crippen molar-refractivity contribution in [2.75, 3.05) is 0 Å². The van der Waals surface area contributed by atoms with Crippen LogP contribution in [0.5, 0.6) is 0 Å². The SMILES string of the molecule is O=Cc1ncc[nH]1.[C-]#[N+]c1ncc[nH]1. The number of rotatable bonds is 1. The third-order valence-corrected chi connectivity index (χ3v) is 1.22. The Morgan fingerprint density at radius 2 is 2.00 bits per heavy atom. The summed E-state index contributed by atoms with van der Waals surface area (Å²) >= 11 is 0. The van der Waals surface area contributed by atoms with Gasteiger partial charge < -0.3 is 14.8 Å². The number of nitrogens with one attached hydrogen (secondary N) is 2. The lowest BCUT2D eigenvalue weighted by Gasteiger charge is -1.70. The third-order valence-electron chi connectivity index (χ3n) is 1.22. The van der Waals surface area contributed by atoms with Gasteiger partial charge in [-0.2, -0.15) is 4.98 Å². The van der Waals surface area contributed by atoms with Gasteiger partial charge in [-0.1, -0.05) is 0 Å². The van der Waals surface area contributed by atoms with Crippen molar-refractivity contribution in [3.05, 3.63) is 42.0 Å². The van der Waals surface area contributed by atoms with Crippen LogP contribution in [0.1, 0.15) is 10.6 Å². The second kappa shape index (κ2) is 5.27. The summed E-state index contributed by atoms with van der Waals surface area (Å²) in [6.45, 7) is 6.39. The molecule has 14 heavy (non-hydrogen) atoms. The summed E-state index contributed by atoms with van der Waals surface area (Å²) in [5, 5.41) is 0. The van der Waals surface area contributed by atoms with Gasteiger partial charge in [0.15, 0.2) is 12.1 Å². The van der Waals surface area contributed by atoms with Crippen molar-refractivity contribution in [3.63, 3.8) is 0 Å². The van der Waals surface area contributed by atoms with E-state index >= 15 is 0 Å². The van der Waals surface area contributed by atoms with Gasteiger partial charge in [0, 0.05) is 12.4 Å². The quantitative estimate of drug-likeness (QED) is 0.522. The maximum atomic E-state index is 9.77. The Bertz CT molecular complexity index is 397. The van der Waals surface area contributed by atoms with Crippen LogP contribution < -0.4 is 0 Å². The van der Waals surface area contributed by atoms with Gasteiger partial charge in [-0.05, 0) is 0 Å². The molecule has 6 nitrogen and oxygen atoms in total. The summed E-state index contributed by atoms with van der Waals surface area (Å²) in [4.78, 5) is 25.3. The van der Waals surface area contributed by atoms with Gasteiger partial charge in [0.1, 0.15) is 6.20 Å². The largest absolute Gasteiger partial charge is 0.397 e. The van der Waals surface area contributed by atoms with Gasteiger partial charge in [-0.3, -0.25) is 4.79 Å². The lowest BCUT2D eigenvalue weighted by molar-refractivity contribution is 0.111. The number of hydrogen-bond donors (Lipinski definition) is 2. The van der Waals surface area contributed by atoms with Crippen molar-refractivity contribution >= 4 is 12.2 Å². The molecule has 0 aliphatic rings. The van der Waals surface area contributed by atoms with Gasteiger partial charge in [0.25, 0.3) is 0 Å². The van der Waals surface area contributed by atoms with E-state index in [0.29, 0.717) is 18.1 Å². The molecule has 2 rings (SSSR count). The van der Waals surface area contributed by atoms with Crippen LogP contribution in [0.25, 0.3) is 4.85 Å². The standard InChI is InChI=1S/C4H3N3.C4H4N2O/c1-5-4-6-2-3-7-4;7-3-4-5-1-2-6-4/h2-3H,(H,6,7);1-3H,(H,5,6). The van der Waals surface area contributed by atoms with Gasteiger partial charge >= 0.3 is 5.95 Å². The van der Waals surface area contributed by atoms with Crippen LogP contribution in [0.15, 0.2) is 24.8 Å². The van der Waals surface area contributed by atoms with Crippen molar-refractivity contribution in [1.29, 1.82) is 0 Å². The summed E-state index contributed by atoms with van der Waals surface area (Å²) in [6.07, 6.45) is 6.97. The van der Waals surface area contributed by atoms with E-state index in [0.717, 1.165) is 0 Å². The molecule has 0 amide bonds. The minimum atomic E-state index is 0.347. The highest BCUT2D eigenvalue weighted by molar-refractivity contribution is 5.68. The molecule has 0 unspecified atom stereocenters. The van der Waals surface area contributed by atoms with Crippen molar-refractivity contribution in [3.8, 4) is 0 Å². The number of carbonyl (C=O) groups excluding carboxylic acids is 1. The molecule has 2 aromatic rings. The molecule has 0 bridgehead atoms. The van der Waals surface area contributed by atoms with Crippen LogP contribution >= 0.6 is 0 Å². The highest BCUT2D eigenvalue weighted by Gasteiger charge is 1.83. The fourth-order valence-electron chi connectivity index (χ4n) is 0.660. The average Bonchev–Trinajstić information content (AvgIpc) is 2.92. The number of imidazole rings is 2. The maximum Gasteiger partial charge on any atom is 0.336 e. The first-order valence-electron chi connectivity index (χ1n) is 3.68. The molecule has 0 aromatic carbocycles. The molecular formula is C8H7N5O. The topological polar surface area (TPSA) is 78.8 Å². The summed E-state index contributed by atoms with van der Waals surface area (Å²) in [5.74, 6) is 0.722. The minimum absolute atomic E-state index is 0.347. The molecule has 0 radical (unpaired) electrons. The summed E-state index contributed by atoms with van der Waals surface area (Å²) in [7, 11) is 0. The molecule has 0 aliphatic heterocycles. The molecule has 2 N–H and O–H groups in total. The van der Waals surface area contributed by atoms with E-state index < -0.39 is 0 Å². The van der Waals surface area contributed by atoms with Gasteiger partial charge in [0.2, 0.25) is 0 Å². The number of nitrogens with zero attached hydrogens (tertiary/aromatic N) is 3. The van der Waals surface area contributed by atoms with E-state index in [-0.39, 0.29) is 0 Å². The monoisotopic (exact) mass is 189 g/mol. The molecule has 2 aromatic heterocycles. The van der Waals surface area contributed by atoms with E-state index in [1.54, 1.807) is 18.6 Å². The smallest absolute Gasteiger partial charge is 0.336 e. The van der Waals surface area contributed by atoms with Crippen molar-refractivity contribution in [1.82, 2.24) is 19.9 Å². The normalized spacial score (nSPS) is 8.21. The van der Waals surface area contributed by atoms with Crippen LogP contribution in [0.3, 0.4) is 0 Å². The number of aldehydes is 1. The first kappa shape index (κ1) is 9.67. The fraction of sp³-hybridized carbons (Fsp3) is 0. The minimum Gasteiger partial charge on any atom is -0.397 e. The first-order valence-corrected chi connectivity index (χ1v) is 3.68. The lowest BCUT2D eigenvalue weighted by Crippen LogP contribution is -1.78. The van der Waals surface area contributed by atoms with Crippen LogP contribution in [-0.4, -0.2) is 26.2 Å². The third kappa shape index (κ3) is 2.91. The molecule has 0 fully saturated rings. The van der Waals surface area contributed by atoms with Gasteiger partial charge in [0.05, 0.1) is 6.20 Å². The van der Waals surface area contributed by atoms with Crippen LogP contribution in [-0.2, 0) is 0 Å². The van der Waals surface area contributed by atoms with E-state index in [1.165, 1.54) is 6.20 Å². The first-order chi connectivity index (χ1) is 6.86. The molecule has 70 valence electrons. The summed E-state index contributed by atoms with van der Waals surface area (Å²) < 4.78 is 0. The maximum absolute atomic E-state index is 9.77. The highest BCUT2D eigenvalue weighted by atomic mass is 16.1. The number of H-pyrrole nitrogens is 2. The number of hydrogen-bond acceptors (Lipinski definition) is 3. The Balaban J connectivity index is 0.000000140. The zero-order chi connectivity index (χ0) is 10.2. The van der Waals surface area contributed by atoms with E-state index in [4.69, 9.17) is 6.57 Å². The Kier molecular flexibility index (Phi) is 3.64. The molecule has 2 heterocycles. The summed E-state index contributed by atoms with van der Waals surface area (Å²) in [5.41, 5.74) is 0. The molecule has 6 heteroatoms. The predicted molar refractivity (Wildman–Crippen MR) is 48.8 cm³/mol. The number of carbonyl (C=O) groups is 1. The van der Waals surface area contributed by atoms with E-state index in [9.17, 15) is 4.79 Å². The van der Waals surface area contributed by atoms with Crippen LogP contribution in [0.2, 0.25) is 0 Å².